The molecular formula is C20H23F3N4O3. The summed E-state index contributed by atoms with van der Waals surface area (Å²) in [5, 5.41) is 16.1. The van der Waals surface area contributed by atoms with Crippen molar-refractivity contribution in [3.63, 3.8) is 0 Å². The summed E-state index contributed by atoms with van der Waals surface area (Å²) in [4.78, 5) is 24.3. The fourth-order valence-electron chi connectivity index (χ4n) is 3.64. The van der Waals surface area contributed by atoms with E-state index in [1.807, 2.05) is 13.8 Å². The number of halogens is 3. The van der Waals surface area contributed by atoms with Crippen LogP contribution in [0.1, 0.15) is 59.3 Å². The van der Waals surface area contributed by atoms with Crippen LogP contribution in [0, 0.1) is 5.41 Å². The lowest BCUT2D eigenvalue weighted by atomic mass is 9.75. The van der Waals surface area contributed by atoms with Crippen LogP contribution < -0.4 is 11.1 Å². The Morgan fingerprint density at radius 1 is 1.37 bits per heavy atom. The van der Waals surface area contributed by atoms with E-state index in [4.69, 9.17) is 5.73 Å². The van der Waals surface area contributed by atoms with E-state index in [0.29, 0.717) is 0 Å². The Morgan fingerprint density at radius 3 is 2.60 bits per heavy atom. The van der Waals surface area contributed by atoms with Crippen molar-refractivity contribution >= 4 is 17.4 Å². The molecule has 4 N–H and O–H groups in total. The third-order valence-corrected chi connectivity index (χ3v) is 4.91. The standard InChI is InChI=1S/C20H23F3N4O3/c1-10(28)9-25-13-6-11(4-5-12(13)18(24)30)27-14-7-19(2,3)8-15(29)16(14)17(26-27)20(21,22)23/h4-6,10,25,28H,7-9H2,1-3H3,(H2,24,30)/t10-/m1/s1. The van der Waals surface area contributed by atoms with E-state index in [9.17, 15) is 27.9 Å². The highest BCUT2D eigenvalue weighted by molar-refractivity contribution is 6.00. The van der Waals surface area contributed by atoms with Gasteiger partial charge in [-0.25, -0.2) is 4.68 Å². The molecule has 1 aromatic heterocycles. The SMILES string of the molecule is C[C@@H](O)CNc1cc(-n2nc(C(F)(F)F)c3c2CC(C)(C)CC3=O)ccc1C(N)=O. The van der Waals surface area contributed by atoms with Crippen LogP contribution in [0.15, 0.2) is 18.2 Å². The summed E-state index contributed by atoms with van der Waals surface area (Å²) in [5.74, 6) is -1.33. The van der Waals surface area contributed by atoms with Gasteiger partial charge in [0.15, 0.2) is 11.5 Å². The summed E-state index contributed by atoms with van der Waals surface area (Å²) >= 11 is 0. The number of aliphatic hydroxyl groups is 1. The summed E-state index contributed by atoms with van der Waals surface area (Å²) in [7, 11) is 0. The number of hydrogen-bond acceptors (Lipinski definition) is 5. The molecule has 30 heavy (non-hydrogen) atoms. The maximum absolute atomic E-state index is 13.6. The molecule has 0 bridgehead atoms. The van der Waals surface area contributed by atoms with Crippen LogP contribution in [0.3, 0.4) is 0 Å². The first-order valence-corrected chi connectivity index (χ1v) is 9.38. The Labute approximate surface area is 171 Å². The van der Waals surface area contributed by atoms with E-state index in [-0.39, 0.29) is 42.0 Å². The molecule has 1 aromatic carbocycles. The van der Waals surface area contributed by atoms with E-state index in [1.165, 1.54) is 25.1 Å². The van der Waals surface area contributed by atoms with E-state index >= 15 is 0 Å². The van der Waals surface area contributed by atoms with Crippen molar-refractivity contribution in [1.82, 2.24) is 9.78 Å². The number of fused-ring (bicyclic) bond motifs is 1. The first-order valence-electron chi connectivity index (χ1n) is 9.38. The van der Waals surface area contributed by atoms with Gasteiger partial charge in [-0.1, -0.05) is 13.8 Å². The number of nitrogens with two attached hydrogens (primary N) is 1. The molecule has 7 nitrogen and oxygen atoms in total. The zero-order chi connectivity index (χ0) is 22.4. The highest BCUT2D eigenvalue weighted by Gasteiger charge is 2.45. The number of rotatable bonds is 5. The number of benzene rings is 1. The second kappa shape index (κ2) is 7.42. The number of carbonyl (C=O) groups excluding carboxylic acids is 2. The van der Waals surface area contributed by atoms with Gasteiger partial charge in [0.2, 0.25) is 0 Å². The molecule has 1 aliphatic carbocycles. The number of nitrogens with zero attached hydrogens (tertiary/aromatic N) is 2. The summed E-state index contributed by atoms with van der Waals surface area (Å²) < 4.78 is 41.9. The molecule has 1 heterocycles. The second-order valence-electron chi connectivity index (χ2n) is 8.34. The average Bonchev–Trinajstić information content (AvgIpc) is 2.98. The van der Waals surface area contributed by atoms with Gasteiger partial charge >= 0.3 is 6.18 Å². The Balaban J connectivity index is 2.20. The van der Waals surface area contributed by atoms with Crippen molar-refractivity contribution in [1.29, 1.82) is 0 Å². The third kappa shape index (κ3) is 4.18. The number of ketones is 1. The van der Waals surface area contributed by atoms with Crippen LogP contribution in [0.5, 0.6) is 0 Å². The first kappa shape index (κ1) is 21.8. The zero-order valence-electron chi connectivity index (χ0n) is 16.8. The Hall–Kier alpha value is -2.88. The van der Waals surface area contributed by atoms with Crippen LogP contribution in [0.4, 0.5) is 18.9 Å². The topological polar surface area (TPSA) is 110 Å². The van der Waals surface area contributed by atoms with Gasteiger partial charge in [0, 0.05) is 18.7 Å². The van der Waals surface area contributed by atoms with Crippen molar-refractivity contribution in [2.75, 3.05) is 11.9 Å². The van der Waals surface area contributed by atoms with Gasteiger partial charge < -0.3 is 16.2 Å². The van der Waals surface area contributed by atoms with Crippen LogP contribution in [0.2, 0.25) is 0 Å². The number of carbonyl (C=O) groups is 2. The predicted molar refractivity (Wildman–Crippen MR) is 104 cm³/mol. The predicted octanol–water partition coefficient (Wildman–Crippen LogP) is 2.94. The van der Waals surface area contributed by atoms with Crippen molar-refractivity contribution in [2.24, 2.45) is 11.1 Å². The average molecular weight is 424 g/mol. The van der Waals surface area contributed by atoms with Crippen LogP contribution >= 0.6 is 0 Å². The molecule has 0 spiro atoms. The number of alkyl halides is 3. The van der Waals surface area contributed by atoms with E-state index in [0.717, 1.165) is 4.68 Å². The molecule has 0 saturated carbocycles. The van der Waals surface area contributed by atoms with Crippen LogP contribution in [-0.2, 0) is 12.6 Å². The number of aliphatic hydroxyl groups excluding tert-OH is 1. The molecule has 10 heteroatoms. The molecule has 3 rings (SSSR count). The lowest BCUT2D eigenvalue weighted by Gasteiger charge is -2.29. The number of anilines is 1. The third-order valence-electron chi connectivity index (χ3n) is 4.91. The molecular weight excluding hydrogens is 401 g/mol. The second-order valence-corrected chi connectivity index (χ2v) is 8.34. The molecule has 1 aliphatic rings. The lowest BCUT2D eigenvalue weighted by Crippen LogP contribution is -2.29. The Kier molecular flexibility index (Phi) is 5.40. The summed E-state index contributed by atoms with van der Waals surface area (Å²) in [5.41, 5.74) is 4.03. The number of nitrogens with one attached hydrogen (secondary N) is 1. The van der Waals surface area contributed by atoms with Gasteiger partial charge in [0.25, 0.3) is 5.91 Å². The fraction of sp³-hybridized carbons (Fsp3) is 0.450. The molecule has 1 amide bonds. The van der Waals surface area contributed by atoms with Gasteiger partial charge in [-0.05, 0) is 37.0 Å². The highest BCUT2D eigenvalue weighted by Crippen LogP contribution is 2.42. The lowest BCUT2D eigenvalue weighted by molar-refractivity contribution is -0.141. The van der Waals surface area contributed by atoms with Crippen LogP contribution in [0.25, 0.3) is 5.69 Å². The number of hydrogen-bond donors (Lipinski definition) is 3. The van der Waals surface area contributed by atoms with Crippen molar-refractivity contribution in [2.45, 2.75) is 45.9 Å². The van der Waals surface area contributed by atoms with E-state index in [2.05, 4.69) is 10.4 Å². The number of Topliss-reactive ketones (excluding diaryl/α,β-unsaturated/α-hetero) is 1. The minimum Gasteiger partial charge on any atom is -0.392 e. The number of amides is 1. The molecule has 162 valence electrons. The summed E-state index contributed by atoms with van der Waals surface area (Å²) in [6.45, 7) is 5.25. The first-order chi connectivity index (χ1) is 13.8. The van der Waals surface area contributed by atoms with Gasteiger partial charge in [-0.15, -0.1) is 0 Å². The molecule has 0 aliphatic heterocycles. The van der Waals surface area contributed by atoms with Crippen molar-refractivity contribution < 1.29 is 27.9 Å². The van der Waals surface area contributed by atoms with Crippen molar-refractivity contribution in [3.05, 3.63) is 40.7 Å². The number of primary amides is 1. The summed E-state index contributed by atoms with van der Waals surface area (Å²) in [6, 6.07) is 4.23. The molecule has 1 atom stereocenters. The molecule has 2 aromatic rings. The minimum absolute atomic E-state index is 0.00339. The van der Waals surface area contributed by atoms with Gasteiger partial charge in [0.05, 0.1) is 28.6 Å². The molecule has 0 saturated heterocycles. The Morgan fingerprint density at radius 2 is 2.03 bits per heavy atom. The van der Waals surface area contributed by atoms with Crippen molar-refractivity contribution in [3.8, 4) is 5.69 Å². The maximum atomic E-state index is 13.6. The van der Waals surface area contributed by atoms with E-state index in [1.54, 1.807) is 0 Å². The largest absolute Gasteiger partial charge is 0.435 e. The smallest absolute Gasteiger partial charge is 0.392 e. The van der Waals surface area contributed by atoms with E-state index < -0.39 is 40.6 Å². The molecule has 0 radical (unpaired) electrons. The molecule has 0 fully saturated rings. The number of aromatic nitrogens is 2. The molecule has 0 unspecified atom stereocenters. The Bertz CT molecular complexity index is 1010. The monoisotopic (exact) mass is 424 g/mol. The van der Waals surface area contributed by atoms with Gasteiger partial charge in [-0.2, -0.15) is 18.3 Å². The quantitative estimate of drug-likeness (QED) is 0.684. The maximum Gasteiger partial charge on any atom is 0.435 e. The van der Waals surface area contributed by atoms with Gasteiger partial charge in [0.1, 0.15) is 0 Å². The van der Waals surface area contributed by atoms with Gasteiger partial charge in [-0.3, -0.25) is 9.59 Å². The summed E-state index contributed by atoms with van der Waals surface area (Å²) in [6.07, 6.45) is -5.29. The van der Waals surface area contributed by atoms with Crippen LogP contribution in [-0.4, -0.2) is 39.2 Å². The highest BCUT2D eigenvalue weighted by atomic mass is 19.4. The fourth-order valence-corrected chi connectivity index (χ4v) is 3.64. The minimum atomic E-state index is -4.78. The normalized spacial score (nSPS) is 16.8. The zero-order valence-corrected chi connectivity index (χ0v) is 16.8.